The van der Waals surface area contributed by atoms with E-state index < -0.39 is 24.0 Å². The Balaban J connectivity index is 2.07. The van der Waals surface area contributed by atoms with Crippen LogP contribution in [0, 0.1) is 5.92 Å². The molecule has 0 saturated heterocycles. The fourth-order valence-corrected chi connectivity index (χ4v) is 5.05. The van der Waals surface area contributed by atoms with Crippen LogP contribution in [0.1, 0.15) is 50.8 Å². The first-order valence-corrected chi connectivity index (χ1v) is 13.5. The molecule has 2 amide bonds. The number of anilines is 1. The van der Waals surface area contributed by atoms with Gasteiger partial charge in [0.2, 0.25) is 23.0 Å². The second-order valence-corrected chi connectivity index (χ2v) is 9.90. The Morgan fingerprint density at radius 2 is 1.73 bits per heavy atom. The normalized spacial score (nSPS) is 15.1. The van der Waals surface area contributed by atoms with E-state index in [2.05, 4.69) is 16.0 Å². The second-order valence-electron chi connectivity index (χ2n) is 9.90. The predicted octanol–water partition coefficient (Wildman–Crippen LogP) is 2.98. The van der Waals surface area contributed by atoms with Gasteiger partial charge in [-0.1, -0.05) is 26.3 Å². The molecule has 2 aromatic carbocycles. The molecule has 1 aliphatic carbocycles. The Bertz CT molecular complexity index is 1360. The van der Waals surface area contributed by atoms with E-state index in [1.54, 1.807) is 19.2 Å². The van der Waals surface area contributed by atoms with Gasteiger partial charge in [-0.3, -0.25) is 14.4 Å². The van der Waals surface area contributed by atoms with E-state index in [1.807, 2.05) is 19.9 Å². The molecule has 0 saturated carbocycles. The summed E-state index contributed by atoms with van der Waals surface area (Å²) in [7, 11) is 5.86. The molecule has 0 aromatic heterocycles. The summed E-state index contributed by atoms with van der Waals surface area (Å²) in [5, 5.41) is 8.55. The molecule has 2 aromatic rings. The smallest absolute Gasteiger partial charge is 0.328 e. The van der Waals surface area contributed by atoms with Gasteiger partial charge in [-0.25, -0.2) is 4.79 Å². The largest absolute Gasteiger partial charge is 0.493 e. The van der Waals surface area contributed by atoms with Gasteiger partial charge in [-0.2, -0.15) is 0 Å². The van der Waals surface area contributed by atoms with Crippen molar-refractivity contribution in [3.63, 3.8) is 0 Å². The Kier molecular flexibility index (Phi) is 10.6. The van der Waals surface area contributed by atoms with Crippen LogP contribution < -0.4 is 35.6 Å². The number of ether oxygens (including phenoxy) is 4. The third kappa shape index (κ3) is 6.90. The topological polar surface area (TPSA) is 141 Å². The van der Waals surface area contributed by atoms with Crippen molar-refractivity contribution in [2.24, 2.45) is 5.92 Å². The molecule has 0 spiro atoms. The van der Waals surface area contributed by atoms with Crippen LogP contribution in [0.15, 0.2) is 29.1 Å². The van der Waals surface area contributed by atoms with Gasteiger partial charge in [0.1, 0.15) is 6.04 Å². The number of esters is 1. The monoisotopic (exact) mass is 569 g/mol. The van der Waals surface area contributed by atoms with E-state index in [0.29, 0.717) is 47.6 Å². The van der Waals surface area contributed by atoms with Gasteiger partial charge in [-0.15, -0.1) is 0 Å². The Labute approximate surface area is 239 Å². The molecule has 222 valence electrons. The van der Waals surface area contributed by atoms with Crippen LogP contribution in [-0.2, 0) is 25.5 Å². The van der Waals surface area contributed by atoms with Gasteiger partial charge < -0.3 is 34.9 Å². The highest BCUT2D eigenvalue weighted by molar-refractivity contribution is 5.87. The van der Waals surface area contributed by atoms with E-state index in [1.165, 1.54) is 34.3 Å². The fourth-order valence-electron chi connectivity index (χ4n) is 5.05. The summed E-state index contributed by atoms with van der Waals surface area (Å²) in [6.45, 7) is 4.94. The van der Waals surface area contributed by atoms with Crippen molar-refractivity contribution in [2.75, 3.05) is 40.3 Å². The quantitative estimate of drug-likeness (QED) is 0.348. The van der Waals surface area contributed by atoms with Crippen molar-refractivity contribution in [3.8, 4) is 28.4 Å². The molecule has 3 N–H and O–H groups in total. The minimum atomic E-state index is -0.802. The lowest BCUT2D eigenvalue weighted by Crippen LogP contribution is -2.47. The Hall–Kier alpha value is -4.28. The molecule has 11 heteroatoms. The number of carbonyl (C=O) groups is 3. The average Bonchev–Trinajstić information content (AvgIpc) is 3.20. The number of rotatable bonds is 11. The molecular formula is C30H39N3O8. The number of amides is 2. The average molecular weight is 570 g/mol. The van der Waals surface area contributed by atoms with Crippen molar-refractivity contribution in [1.29, 1.82) is 0 Å². The van der Waals surface area contributed by atoms with E-state index in [0.717, 1.165) is 11.1 Å². The number of fused-ring (bicyclic) bond motifs is 3. The molecule has 1 aliphatic rings. The summed E-state index contributed by atoms with van der Waals surface area (Å²) in [5.74, 6) is -0.0131. The highest BCUT2D eigenvalue weighted by Crippen LogP contribution is 2.50. The van der Waals surface area contributed by atoms with E-state index in [-0.39, 0.29) is 29.5 Å². The van der Waals surface area contributed by atoms with Gasteiger partial charge in [0.25, 0.3) is 0 Å². The standard InChI is InChI=1S/C30H39N3O8/c1-8-16(2)27(30(37)41-7)33-25(36)15-31-22-12-10-19-20(14-23(22)35)21(32-17(3)34)11-9-18-13-24(38-4)28(39-5)29(40-6)26(18)19/h10,12-14,16,21,27H,8-9,11,15H2,1-7H3,(H,31,35)(H,32,34)(H,33,36). The second kappa shape index (κ2) is 13.9. The van der Waals surface area contributed by atoms with Crippen molar-refractivity contribution < 1.29 is 33.3 Å². The zero-order valence-electron chi connectivity index (χ0n) is 24.6. The number of hydrogen-bond donors (Lipinski definition) is 3. The summed E-state index contributed by atoms with van der Waals surface area (Å²) in [5.41, 5.74) is 2.71. The molecule has 41 heavy (non-hydrogen) atoms. The maximum atomic E-state index is 13.4. The number of benzene rings is 1. The lowest BCUT2D eigenvalue weighted by atomic mass is 9.95. The Morgan fingerprint density at radius 3 is 2.32 bits per heavy atom. The summed E-state index contributed by atoms with van der Waals surface area (Å²) in [6, 6.07) is 5.45. The molecule has 11 nitrogen and oxygen atoms in total. The third-order valence-corrected chi connectivity index (χ3v) is 7.34. The molecule has 0 aliphatic heterocycles. The van der Waals surface area contributed by atoms with Gasteiger partial charge >= 0.3 is 5.97 Å². The van der Waals surface area contributed by atoms with Crippen molar-refractivity contribution in [1.82, 2.24) is 10.6 Å². The third-order valence-electron chi connectivity index (χ3n) is 7.34. The minimum Gasteiger partial charge on any atom is -0.493 e. The van der Waals surface area contributed by atoms with E-state index >= 15 is 0 Å². The summed E-state index contributed by atoms with van der Waals surface area (Å²) in [6.07, 6.45) is 1.76. The van der Waals surface area contributed by atoms with Crippen LogP contribution in [0.5, 0.6) is 17.2 Å². The molecule has 0 bridgehead atoms. The zero-order valence-corrected chi connectivity index (χ0v) is 24.6. The van der Waals surface area contributed by atoms with Crippen LogP contribution >= 0.6 is 0 Å². The molecule has 3 unspecified atom stereocenters. The number of aryl methyl sites for hydroxylation is 1. The van der Waals surface area contributed by atoms with Gasteiger partial charge in [0, 0.05) is 12.5 Å². The first-order valence-electron chi connectivity index (χ1n) is 13.5. The van der Waals surface area contributed by atoms with Gasteiger partial charge in [0.05, 0.1) is 46.7 Å². The number of carbonyl (C=O) groups excluding carboxylic acids is 3. The number of methoxy groups -OCH3 is 4. The summed E-state index contributed by atoms with van der Waals surface area (Å²) < 4.78 is 21.8. The molecule has 0 radical (unpaired) electrons. The summed E-state index contributed by atoms with van der Waals surface area (Å²) in [4.78, 5) is 50.4. The molecule has 0 fully saturated rings. The zero-order chi connectivity index (χ0) is 30.3. The van der Waals surface area contributed by atoms with Crippen molar-refractivity contribution in [2.45, 2.75) is 52.1 Å². The first kappa shape index (κ1) is 31.3. The van der Waals surface area contributed by atoms with Crippen LogP contribution in [0.3, 0.4) is 0 Å². The maximum absolute atomic E-state index is 13.4. The maximum Gasteiger partial charge on any atom is 0.328 e. The lowest BCUT2D eigenvalue weighted by Gasteiger charge is -2.21. The van der Waals surface area contributed by atoms with Crippen LogP contribution in [-0.4, -0.2) is 58.8 Å². The molecule has 3 rings (SSSR count). The van der Waals surface area contributed by atoms with Gasteiger partial charge in [0.15, 0.2) is 11.5 Å². The highest BCUT2D eigenvalue weighted by atomic mass is 16.5. The molecule has 0 heterocycles. The Morgan fingerprint density at radius 1 is 1.02 bits per heavy atom. The van der Waals surface area contributed by atoms with Crippen LogP contribution in [0.25, 0.3) is 11.1 Å². The van der Waals surface area contributed by atoms with Crippen LogP contribution in [0.2, 0.25) is 0 Å². The van der Waals surface area contributed by atoms with E-state index in [9.17, 15) is 19.2 Å². The SMILES string of the molecule is CCC(C)C(NC(=O)CNc1ccc2c(cc1=O)C(NC(C)=O)CCc1cc(OC)c(OC)c(OC)c1-2)C(=O)OC. The highest BCUT2D eigenvalue weighted by Gasteiger charge is 2.30. The first-order chi connectivity index (χ1) is 19.6. The van der Waals surface area contributed by atoms with Gasteiger partial charge in [-0.05, 0) is 53.6 Å². The summed E-state index contributed by atoms with van der Waals surface area (Å²) >= 11 is 0. The molecule has 3 atom stereocenters. The number of hydrogen-bond acceptors (Lipinski definition) is 9. The minimum absolute atomic E-state index is 0.136. The lowest BCUT2D eigenvalue weighted by molar-refractivity contribution is -0.146. The molecular weight excluding hydrogens is 530 g/mol. The van der Waals surface area contributed by atoms with Crippen molar-refractivity contribution in [3.05, 3.63) is 45.6 Å². The van der Waals surface area contributed by atoms with Crippen molar-refractivity contribution >= 4 is 23.5 Å². The van der Waals surface area contributed by atoms with E-state index in [4.69, 9.17) is 18.9 Å². The predicted molar refractivity (Wildman–Crippen MR) is 155 cm³/mol. The fraction of sp³-hybridized carbons (Fsp3) is 0.467. The van der Waals surface area contributed by atoms with Crippen LogP contribution in [0.4, 0.5) is 5.69 Å². The number of nitrogens with one attached hydrogen (secondary N) is 3.